The molecule has 0 unspecified atom stereocenters. The number of carbonyl (C=O) groups excluding carboxylic acids is 1. The first-order chi connectivity index (χ1) is 16.8. The van der Waals surface area contributed by atoms with Gasteiger partial charge in [-0.05, 0) is 58.3 Å². The third kappa shape index (κ3) is 6.21. The second-order valence-corrected chi connectivity index (χ2v) is 14.9. The van der Waals surface area contributed by atoms with Crippen LogP contribution >= 0.6 is 0 Å². The molecule has 8 heteroatoms. The molecule has 0 aliphatic carbocycles. The minimum absolute atomic E-state index is 0.0252. The van der Waals surface area contributed by atoms with Crippen LogP contribution < -0.4 is 10.5 Å². The van der Waals surface area contributed by atoms with Crippen LogP contribution in [0.5, 0.6) is 0 Å². The number of amides is 1. The molecule has 1 saturated heterocycles. The van der Waals surface area contributed by atoms with Crippen molar-refractivity contribution in [3.8, 4) is 0 Å². The van der Waals surface area contributed by atoms with E-state index >= 15 is 0 Å². The molecule has 1 amide bonds. The standard InChI is InChI=1S/C28H37F3N2O2Si/c1-19(2)36(35,20(3)4)26-11-7-10-25(17-26)27(34)33-14-12-23(13-15-33)24-9-6-8-22(16-24)18-32-21(5)28(29,30)31/h6-11,16-17,19-20,23,32,35H,5,12-15,18H2,1-4H3. The van der Waals surface area contributed by atoms with Crippen molar-refractivity contribution in [2.45, 2.75) is 70.3 Å². The molecule has 0 saturated carbocycles. The number of carbonyl (C=O) groups is 1. The molecule has 2 aromatic rings. The summed E-state index contributed by atoms with van der Waals surface area (Å²) in [4.78, 5) is 26.7. The molecule has 36 heavy (non-hydrogen) atoms. The molecule has 0 radical (unpaired) electrons. The van der Waals surface area contributed by atoms with E-state index < -0.39 is 20.2 Å². The molecule has 1 aliphatic rings. The zero-order valence-corrected chi connectivity index (χ0v) is 22.5. The third-order valence-corrected chi connectivity index (χ3v) is 12.1. The number of likely N-dealkylation sites (tertiary alicyclic amines) is 1. The van der Waals surface area contributed by atoms with E-state index in [1.165, 1.54) is 0 Å². The quantitative estimate of drug-likeness (QED) is 0.432. The van der Waals surface area contributed by atoms with E-state index in [0.717, 1.165) is 29.2 Å². The van der Waals surface area contributed by atoms with Gasteiger partial charge in [-0.15, -0.1) is 0 Å². The Morgan fingerprint density at radius 1 is 1.08 bits per heavy atom. The first-order valence-electron chi connectivity index (χ1n) is 12.5. The predicted molar refractivity (Wildman–Crippen MR) is 141 cm³/mol. The molecule has 0 spiro atoms. The van der Waals surface area contributed by atoms with Gasteiger partial charge in [-0.1, -0.05) is 70.7 Å². The molecule has 3 rings (SSSR count). The van der Waals surface area contributed by atoms with Gasteiger partial charge in [0, 0.05) is 25.2 Å². The first kappa shape index (κ1) is 28.0. The number of hydrogen-bond acceptors (Lipinski definition) is 3. The number of nitrogens with one attached hydrogen (secondary N) is 1. The molecular weight excluding hydrogens is 481 g/mol. The lowest BCUT2D eigenvalue weighted by Gasteiger charge is -2.35. The number of piperidine rings is 1. The predicted octanol–water partition coefficient (Wildman–Crippen LogP) is 5.84. The maximum atomic E-state index is 13.3. The zero-order valence-electron chi connectivity index (χ0n) is 21.5. The second kappa shape index (κ2) is 11.2. The van der Waals surface area contributed by atoms with E-state index in [1.54, 1.807) is 6.07 Å². The number of rotatable bonds is 8. The van der Waals surface area contributed by atoms with E-state index in [0.29, 0.717) is 18.7 Å². The van der Waals surface area contributed by atoms with Crippen molar-refractivity contribution in [3.05, 3.63) is 77.5 Å². The lowest BCUT2D eigenvalue weighted by Crippen LogP contribution is -2.53. The monoisotopic (exact) mass is 518 g/mol. The fraction of sp³-hybridized carbons (Fsp3) is 0.464. The van der Waals surface area contributed by atoms with Gasteiger partial charge < -0.3 is 15.0 Å². The molecular formula is C28H37F3N2O2Si. The van der Waals surface area contributed by atoms with Gasteiger partial charge in [0.1, 0.15) is 5.70 Å². The molecule has 2 N–H and O–H groups in total. The van der Waals surface area contributed by atoms with Crippen LogP contribution in [-0.2, 0) is 6.54 Å². The van der Waals surface area contributed by atoms with Crippen molar-refractivity contribution in [1.82, 2.24) is 10.2 Å². The van der Waals surface area contributed by atoms with Crippen LogP contribution in [0.15, 0.2) is 60.8 Å². The number of halogens is 3. The summed E-state index contributed by atoms with van der Waals surface area (Å²) in [6.07, 6.45) is -2.89. The molecule has 4 nitrogen and oxygen atoms in total. The average molecular weight is 519 g/mol. The van der Waals surface area contributed by atoms with E-state index in [9.17, 15) is 22.8 Å². The number of hydrogen-bond donors (Lipinski definition) is 2. The second-order valence-electron chi connectivity index (χ2n) is 10.4. The molecule has 1 fully saturated rings. The summed E-state index contributed by atoms with van der Waals surface area (Å²) in [5, 5.41) is 3.25. The maximum Gasteiger partial charge on any atom is 0.430 e. The first-order valence-corrected chi connectivity index (χ1v) is 14.6. The lowest BCUT2D eigenvalue weighted by atomic mass is 9.88. The molecule has 0 bridgehead atoms. The topological polar surface area (TPSA) is 52.6 Å². The van der Waals surface area contributed by atoms with Crippen LogP contribution in [0.3, 0.4) is 0 Å². The van der Waals surface area contributed by atoms with Crippen LogP contribution in [0.2, 0.25) is 11.1 Å². The molecule has 0 aromatic heterocycles. The molecule has 2 aromatic carbocycles. The number of nitrogens with zero attached hydrogens (tertiary/aromatic N) is 1. The van der Waals surface area contributed by atoms with Gasteiger partial charge >= 0.3 is 6.18 Å². The lowest BCUT2D eigenvalue weighted by molar-refractivity contribution is -0.0964. The van der Waals surface area contributed by atoms with E-state index in [4.69, 9.17) is 0 Å². The van der Waals surface area contributed by atoms with Crippen LogP contribution in [0.4, 0.5) is 13.2 Å². The SMILES string of the molecule is C=C(NCc1cccc(C2CCN(C(=O)c3cccc([Si](O)(C(C)C)C(C)C)c3)CC2)c1)C(F)(F)F. The summed E-state index contributed by atoms with van der Waals surface area (Å²) < 4.78 is 38.1. The van der Waals surface area contributed by atoms with Crippen LogP contribution in [-0.4, -0.2) is 43.2 Å². The van der Waals surface area contributed by atoms with Crippen LogP contribution in [0, 0.1) is 0 Å². The number of alkyl halides is 3. The Morgan fingerprint density at radius 3 is 2.28 bits per heavy atom. The average Bonchev–Trinajstić information content (AvgIpc) is 2.85. The van der Waals surface area contributed by atoms with Gasteiger partial charge in [-0.25, -0.2) is 0 Å². The zero-order chi connectivity index (χ0) is 26.7. The van der Waals surface area contributed by atoms with E-state index in [1.807, 2.05) is 75.1 Å². The highest BCUT2D eigenvalue weighted by Crippen LogP contribution is 2.31. The fourth-order valence-electron chi connectivity index (χ4n) is 5.10. The highest BCUT2D eigenvalue weighted by atomic mass is 28.4. The summed E-state index contributed by atoms with van der Waals surface area (Å²) >= 11 is 0. The Balaban J connectivity index is 1.65. The van der Waals surface area contributed by atoms with Crippen LogP contribution in [0.25, 0.3) is 0 Å². The summed E-state index contributed by atoms with van der Waals surface area (Å²) in [6, 6.07) is 15.1. The highest BCUT2D eigenvalue weighted by Gasteiger charge is 2.41. The third-order valence-electron chi connectivity index (χ3n) is 7.39. The summed E-state index contributed by atoms with van der Waals surface area (Å²) in [6.45, 7) is 12.5. The Morgan fingerprint density at radius 2 is 1.69 bits per heavy atom. The Labute approximate surface area is 213 Å². The van der Waals surface area contributed by atoms with Gasteiger partial charge in [0.15, 0.2) is 0 Å². The fourth-order valence-corrected chi connectivity index (χ4v) is 8.52. The number of benzene rings is 2. The van der Waals surface area contributed by atoms with Gasteiger partial charge in [-0.3, -0.25) is 4.79 Å². The van der Waals surface area contributed by atoms with Gasteiger partial charge in [-0.2, -0.15) is 13.2 Å². The van der Waals surface area contributed by atoms with Crippen molar-refractivity contribution in [1.29, 1.82) is 0 Å². The molecule has 1 aliphatic heterocycles. The molecule has 1 heterocycles. The largest absolute Gasteiger partial charge is 0.430 e. The van der Waals surface area contributed by atoms with Crippen molar-refractivity contribution in [2.75, 3.05) is 13.1 Å². The summed E-state index contributed by atoms with van der Waals surface area (Å²) in [5.41, 5.74) is 1.76. The smallest absolute Gasteiger partial charge is 0.427 e. The van der Waals surface area contributed by atoms with Crippen molar-refractivity contribution < 1.29 is 22.8 Å². The van der Waals surface area contributed by atoms with Crippen molar-refractivity contribution >= 4 is 19.4 Å². The normalized spacial score (nSPS) is 15.4. The Bertz CT molecular complexity index is 1070. The summed E-state index contributed by atoms with van der Waals surface area (Å²) in [7, 11) is -2.74. The van der Waals surface area contributed by atoms with Crippen LogP contribution in [0.1, 0.15) is 67.9 Å². The Hall–Kier alpha value is -2.58. The van der Waals surface area contributed by atoms with E-state index in [-0.39, 0.29) is 29.5 Å². The molecule has 0 atom stereocenters. The Kier molecular flexibility index (Phi) is 8.72. The van der Waals surface area contributed by atoms with Crippen molar-refractivity contribution in [3.63, 3.8) is 0 Å². The summed E-state index contributed by atoms with van der Waals surface area (Å²) in [5.74, 6) is 0.216. The maximum absolute atomic E-state index is 13.3. The van der Waals surface area contributed by atoms with E-state index in [2.05, 4.69) is 11.9 Å². The van der Waals surface area contributed by atoms with Gasteiger partial charge in [0.05, 0.1) is 0 Å². The van der Waals surface area contributed by atoms with Crippen molar-refractivity contribution in [2.24, 2.45) is 0 Å². The number of allylic oxidation sites excluding steroid dienone is 1. The highest BCUT2D eigenvalue weighted by molar-refractivity contribution is 6.87. The van der Waals surface area contributed by atoms with Gasteiger partial charge in [0.25, 0.3) is 5.91 Å². The van der Waals surface area contributed by atoms with Gasteiger partial charge in [0.2, 0.25) is 8.32 Å². The minimum atomic E-state index is -4.46. The molecule has 196 valence electrons. The minimum Gasteiger partial charge on any atom is -0.427 e.